The van der Waals surface area contributed by atoms with Crippen molar-refractivity contribution in [2.75, 3.05) is 47.1 Å². The van der Waals surface area contributed by atoms with Crippen LogP contribution >= 0.6 is 24.0 Å². The predicted molar refractivity (Wildman–Crippen MR) is 107 cm³/mol. The molecule has 2 N–H and O–H groups in total. The van der Waals surface area contributed by atoms with E-state index in [9.17, 15) is 0 Å². The minimum absolute atomic E-state index is 0. The third-order valence-electron chi connectivity index (χ3n) is 3.84. The Bertz CT molecular complexity index is 550. The lowest BCUT2D eigenvalue weighted by Crippen LogP contribution is -2.44. The van der Waals surface area contributed by atoms with Gasteiger partial charge in [-0.1, -0.05) is 19.9 Å². The van der Waals surface area contributed by atoms with Crippen LogP contribution in [0, 0.1) is 0 Å². The van der Waals surface area contributed by atoms with E-state index in [0.717, 1.165) is 30.5 Å². The summed E-state index contributed by atoms with van der Waals surface area (Å²) in [6.07, 6.45) is 0. The highest BCUT2D eigenvalue weighted by atomic mass is 127. The fraction of sp³-hybridized carbons (Fsp3) is 0.588. The molecule has 0 aliphatic carbocycles. The predicted octanol–water partition coefficient (Wildman–Crippen LogP) is 2.16. The van der Waals surface area contributed by atoms with E-state index in [1.54, 1.807) is 14.2 Å². The van der Waals surface area contributed by atoms with E-state index in [0.29, 0.717) is 19.8 Å². The van der Waals surface area contributed by atoms with Crippen molar-refractivity contribution < 1.29 is 14.2 Å². The first-order valence-corrected chi connectivity index (χ1v) is 7.90. The van der Waals surface area contributed by atoms with Crippen LogP contribution in [0.15, 0.2) is 23.2 Å². The van der Waals surface area contributed by atoms with Crippen molar-refractivity contribution in [3.05, 3.63) is 23.8 Å². The van der Waals surface area contributed by atoms with Gasteiger partial charge in [0.2, 0.25) is 0 Å². The lowest BCUT2D eigenvalue weighted by atomic mass is 9.84. The van der Waals surface area contributed by atoms with E-state index in [1.165, 1.54) is 5.56 Å². The molecule has 0 radical (unpaired) electrons. The lowest BCUT2D eigenvalue weighted by molar-refractivity contribution is 0.171. The molecule has 0 saturated carbocycles. The zero-order chi connectivity index (χ0) is 16.7. The average molecular weight is 449 g/mol. The average Bonchev–Trinajstić information content (AvgIpc) is 2.57. The smallest absolute Gasteiger partial charge is 0.191 e. The first kappa shape index (κ1) is 20.8. The number of halogens is 1. The van der Waals surface area contributed by atoms with Crippen LogP contribution in [0.1, 0.15) is 19.4 Å². The summed E-state index contributed by atoms with van der Waals surface area (Å²) < 4.78 is 16.3. The van der Waals surface area contributed by atoms with Gasteiger partial charge in [-0.25, -0.2) is 0 Å². The van der Waals surface area contributed by atoms with E-state index in [2.05, 4.69) is 41.6 Å². The molecule has 0 fully saturated rings. The van der Waals surface area contributed by atoms with Gasteiger partial charge < -0.3 is 24.8 Å². The number of hydrogen-bond acceptors (Lipinski definition) is 4. The summed E-state index contributed by atoms with van der Waals surface area (Å²) in [6.45, 7) is 7.71. The summed E-state index contributed by atoms with van der Waals surface area (Å²) >= 11 is 0. The van der Waals surface area contributed by atoms with Crippen molar-refractivity contribution in [2.24, 2.45) is 4.99 Å². The Morgan fingerprint density at radius 2 is 1.92 bits per heavy atom. The van der Waals surface area contributed by atoms with Crippen molar-refractivity contribution in [2.45, 2.75) is 19.3 Å². The standard InChI is InChI=1S/C17H27N3O3.HI/c1-17(2,12-20-16(18-3)19-7-8-21-4)13-5-6-14-15(11-13)23-10-9-22-14;/h5-6,11H,7-10,12H2,1-4H3,(H2,18,19,20);1H. The maximum Gasteiger partial charge on any atom is 0.191 e. The molecular formula is C17H28IN3O3. The molecule has 2 rings (SSSR count). The van der Waals surface area contributed by atoms with Gasteiger partial charge in [0.25, 0.3) is 0 Å². The van der Waals surface area contributed by atoms with Crippen molar-refractivity contribution >= 4 is 29.9 Å². The van der Waals surface area contributed by atoms with Gasteiger partial charge >= 0.3 is 0 Å². The molecule has 136 valence electrons. The van der Waals surface area contributed by atoms with Crippen LogP contribution in [0.25, 0.3) is 0 Å². The van der Waals surface area contributed by atoms with Gasteiger partial charge in [0.1, 0.15) is 13.2 Å². The van der Waals surface area contributed by atoms with Gasteiger partial charge in [-0.3, -0.25) is 4.99 Å². The number of guanidine groups is 1. The number of aliphatic imine (C=N–C) groups is 1. The molecular weight excluding hydrogens is 421 g/mol. The minimum Gasteiger partial charge on any atom is -0.486 e. The van der Waals surface area contributed by atoms with Crippen molar-refractivity contribution in [1.29, 1.82) is 0 Å². The third-order valence-corrected chi connectivity index (χ3v) is 3.84. The highest BCUT2D eigenvalue weighted by molar-refractivity contribution is 14.0. The first-order chi connectivity index (χ1) is 11.1. The molecule has 0 aromatic heterocycles. The maximum atomic E-state index is 5.68. The molecule has 1 aliphatic heterocycles. The fourth-order valence-corrected chi connectivity index (χ4v) is 2.36. The van der Waals surface area contributed by atoms with Crippen molar-refractivity contribution in [3.63, 3.8) is 0 Å². The monoisotopic (exact) mass is 449 g/mol. The van der Waals surface area contributed by atoms with E-state index in [4.69, 9.17) is 14.2 Å². The molecule has 0 spiro atoms. The first-order valence-electron chi connectivity index (χ1n) is 7.90. The number of rotatable bonds is 6. The third kappa shape index (κ3) is 5.70. The summed E-state index contributed by atoms with van der Waals surface area (Å²) in [5, 5.41) is 6.57. The summed E-state index contributed by atoms with van der Waals surface area (Å²) in [7, 11) is 3.45. The molecule has 1 aromatic rings. The Balaban J connectivity index is 0.00000288. The van der Waals surface area contributed by atoms with Crippen LogP contribution in [0.2, 0.25) is 0 Å². The number of ether oxygens (including phenoxy) is 3. The molecule has 0 saturated heterocycles. The summed E-state index contributed by atoms with van der Waals surface area (Å²) in [5.41, 5.74) is 1.12. The van der Waals surface area contributed by atoms with Gasteiger partial charge in [0, 0.05) is 32.7 Å². The summed E-state index contributed by atoms with van der Waals surface area (Å²) in [5.74, 6) is 2.41. The topological polar surface area (TPSA) is 64.1 Å². The Kier molecular flexibility index (Phi) is 8.61. The number of nitrogens with one attached hydrogen (secondary N) is 2. The molecule has 0 atom stereocenters. The number of benzene rings is 1. The fourth-order valence-electron chi connectivity index (χ4n) is 2.36. The van der Waals surface area contributed by atoms with Crippen LogP contribution in [-0.2, 0) is 10.2 Å². The minimum atomic E-state index is -0.0747. The SMILES string of the molecule is CN=C(NCCOC)NCC(C)(C)c1ccc2c(c1)OCCO2.I. The van der Waals surface area contributed by atoms with Gasteiger partial charge in [0.15, 0.2) is 17.5 Å². The molecule has 0 bridgehead atoms. The van der Waals surface area contributed by atoms with Crippen LogP contribution in [0.5, 0.6) is 11.5 Å². The van der Waals surface area contributed by atoms with Crippen LogP contribution in [0.4, 0.5) is 0 Å². The number of nitrogens with zero attached hydrogens (tertiary/aromatic N) is 1. The van der Waals surface area contributed by atoms with Crippen molar-refractivity contribution in [3.8, 4) is 11.5 Å². The summed E-state index contributed by atoms with van der Waals surface area (Å²) in [4.78, 5) is 4.22. The molecule has 0 unspecified atom stereocenters. The molecule has 24 heavy (non-hydrogen) atoms. The lowest BCUT2D eigenvalue weighted by Gasteiger charge is -2.28. The maximum absolute atomic E-state index is 5.68. The Morgan fingerprint density at radius 3 is 2.58 bits per heavy atom. The summed E-state index contributed by atoms with van der Waals surface area (Å²) in [6, 6.07) is 6.14. The number of fused-ring (bicyclic) bond motifs is 1. The Morgan fingerprint density at radius 1 is 1.21 bits per heavy atom. The highest BCUT2D eigenvalue weighted by Crippen LogP contribution is 2.34. The molecule has 1 aromatic carbocycles. The normalized spacial score (nSPS) is 13.9. The highest BCUT2D eigenvalue weighted by Gasteiger charge is 2.23. The molecule has 1 aliphatic rings. The molecule has 1 heterocycles. The molecule has 7 heteroatoms. The van der Waals surface area contributed by atoms with E-state index < -0.39 is 0 Å². The van der Waals surface area contributed by atoms with Crippen LogP contribution < -0.4 is 20.1 Å². The van der Waals surface area contributed by atoms with Crippen LogP contribution in [0.3, 0.4) is 0 Å². The second-order valence-electron chi connectivity index (χ2n) is 6.09. The van der Waals surface area contributed by atoms with Gasteiger partial charge in [0.05, 0.1) is 6.61 Å². The number of methoxy groups -OCH3 is 1. The van der Waals surface area contributed by atoms with Gasteiger partial charge in [-0.2, -0.15) is 0 Å². The second-order valence-corrected chi connectivity index (χ2v) is 6.09. The van der Waals surface area contributed by atoms with Gasteiger partial charge in [-0.15, -0.1) is 24.0 Å². The van der Waals surface area contributed by atoms with E-state index in [-0.39, 0.29) is 29.4 Å². The largest absolute Gasteiger partial charge is 0.486 e. The van der Waals surface area contributed by atoms with E-state index in [1.807, 2.05) is 6.07 Å². The van der Waals surface area contributed by atoms with E-state index >= 15 is 0 Å². The molecule has 6 nitrogen and oxygen atoms in total. The molecule has 0 amide bonds. The number of hydrogen-bond donors (Lipinski definition) is 2. The zero-order valence-electron chi connectivity index (χ0n) is 14.8. The quantitative estimate of drug-likeness (QED) is 0.302. The zero-order valence-corrected chi connectivity index (χ0v) is 17.2. The van der Waals surface area contributed by atoms with Crippen molar-refractivity contribution in [1.82, 2.24) is 10.6 Å². The van der Waals surface area contributed by atoms with Crippen LogP contribution in [-0.4, -0.2) is 53.0 Å². The Hall–Kier alpha value is -1.22. The van der Waals surface area contributed by atoms with Gasteiger partial charge in [-0.05, 0) is 17.7 Å². The Labute approximate surface area is 161 Å². The second kappa shape index (κ2) is 9.93.